The molecule has 0 bridgehead atoms. The van der Waals surface area contributed by atoms with Crippen LogP contribution in [0.5, 0.6) is 0 Å². The fraction of sp³-hybridized carbons (Fsp3) is 1.00. The van der Waals surface area contributed by atoms with E-state index in [2.05, 4.69) is 0 Å². The average Bonchev–Trinajstić information content (AvgIpc) is 1.64. The molecule has 56 valence electrons. The molecule has 0 nitrogen and oxygen atoms in total. The third kappa shape index (κ3) is 1.84. The first-order chi connectivity index (χ1) is 3.81. The lowest BCUT2D eigenvalue weighted by atomic mass is 9.95. The maximum Gasteiger partial charge on any atom is 0.396 e. The molecule has 0 aromatic carbocycles. The molecule has 0 aliphatic rings. The zero-order chi connectivity index (χ0) is 7.71. The van der Waals surface area contributed by atoms with Crippen molar-refractivity contribution in [3.05, 3.63) is 0 Å². The van der Waals surface area contributed by atoms with E-state index in [0.29, 0.717) is 0 Å². The summed E-state index contributed by atoms with van der Waals surface area (Å²) in [5, 5.41) is 0. The third-order valence-electron chi connectivity index (χ3n) is 1.10. The molecule has 0 aliphatic carbocycles. The smallest absolute Gasteiger partial charge is 0.250 e. The molecule has 0 N–H and O–H groups in total. The van der Waals surface area contributed by atoms with Crippen LogP contribution in [0.1, 0.15) is 13.8 Å². The number of hydrogen-bond acceptors (Lipinski definition) is 0. The van der Waals surface area contributed by atoms with E-state index in [-0.39, 0.29) is 0 Å². The molecule has 0 unspecified atom stereocenters. The van der Waals surface area contributed by atoms with Crippen LogP contribution in [0.3, 0.4) is 0 Å². The summed E-state index contributed by atoms with van der Waals surface area (Å²) in [6, 6.07) is 0. The highest BCUT2D eigenvalue weighted by molar-refractivity contribution is 4.75. The van der Waals surface area contributed by atoms with E-state index in [9.17, 15) is 17.6 Å². The van der Waals surface area contributed by atoms with Crippen molar-refractivity contribution in [3.63, 3.8) is 0 Å². The maximum absolute atomic E-state index is 11.6. The number of rotatable bonds is 1. The summed E-state index contributed by atoms with van der Waals surface area (Å²) < 4.78 is 46.3. The number of halogens is 4. The van der Waals surface area contributed by atoms with Crippen LogP contribution in [-0.2, 0) is 0 Å². The van der Waals surface area contributed by atoms with E-state index in [1.54, 1.807) is 0 Å². The topological polar surface area (TPSA) is 0 Å². The van der Waals surface area contributed by atoms with Crippen LogP contribution in [0.25, 0.3) is 0 Å². The van der Waals surface area contributed by atoms with Gasteiger partial charge >= 0.3 is 6.18 Å². The molecule has 0 amide bonds. The van der Waals surface area contributed by atoms with Gasteiger partial charge in [0.05, 0.1) is 5.41 Å². The van der Waals surface area contributed by atoms with Gasteiger partial charge in [0, 0.05) is 0 Å². The predicted molar refractivity (Wildman–Crippen MR) is 25.8 cm³/mol. The van der Waals surface area contributed by atoms with Gasteiger partial charge in [-0.3, -0.25) is 4.39 Å². The Morgan fingerprint density at radius 2 is 1.44 bits per heavy atom. The lowest BCUT2D eigenvalue weighted by Crippen LogP contribution is -2.33. The van der Waals surface area contributed by atoms with Gasteiger partial charge in [-0.1, -0.05) is 0 Å². The second-order valence-corrected chi connectivity index (χ2v) is 2.52. The fourth-order valence-corrected chi connectivity index (χ4v) is 0.0758. The second-order valence-electron chi connectivity index (χ2n) is 2.52. The summed E-state index contributed by atoms with van der Waals surface area (Å²) in [4.78, 5) is 0. The zero-order valence-electron chi connectivity index (χ0n) is 5.22. The van der Waals surface area contributed by atoms with Crippen molar-refractivity contribution in [3.8, 4) is 0 Å². The van der Waals surface area contributed by atoms with E-state index in [1.165, 1.54) is 0 Å². The van der Waals surface area contributed by atoms with Crippen LogP contribution in [0.2, 0.25) is 0 Å². The fourth-order valence-electron chi connectivity index (χ4n) is 0.0758. The Balaban J connectivity index is 4.14. The Hall–Kier alpha value is -0.280. The van der Waals surface area contributed by atoms with E-state index in [0.717, 1.165) is 13.8 Å². The van der Waals surface area contributed by atoms with Crippen molar-refractivity contribution in [1.82, 2.24) is 0 Å². The Morgan fingerprint density at radius 1 is 1.11 bits per heavy atom. The Morgan fingerprint density at radius 3 is 1.44 bits per heavy atom. The van der Waals surface area contributed by atoms with E-state index in [1.807, 2.05) is 0 Å². The summed E-state index contributed by atoms with van der Waals surface area (Å²) >= 11 is 0. The van der Waals surface area contributed by atoms with Crippen LogP contribution in [0.4, 0.5) is 17.6 Å². The van der Waals surface area contributed by atoms with Gasteiger partial charge in [0.1, 0.15) is 6.67 Å². The minimum absolute atomic E-state index is 0.826. The van der Waals surface area contributed by atoms with Crippen LogP contribution < -0.4 is 0 Å². The number of alkyl halides is 4. The van der Waals surface area contributed by atoms with E-state index >= 15 is 0 Å². The lowest BCUT2D eigenvalue weighted by Gasteiger charge is -2.23. The van der Waals surface area contributed by atoms with Crippen LogP contribution in [0.15, 0.2) is 0 Å². The van der Waals surface area contributed by atoms with E-state index in [4.69, 9.17) is 0 Å². The quantitative estimate of drug-likeness (QED) is 0.496. The molecule has 0 aliphatic heterocycles. The van der Waals surface area contributed by atoms with Crippen molar-refractivity contribution in [2.75, 3.05) is 6.67 Å². The molecule has 0 atom stereocenters. The van der Waals surface area contributed by atoms with Crippen LogP contribution >= 0.6 is 0 Å². The lowest BCUT2D eigenvalue weighted by molar-refractivity contribution is -0.215. The molecule has 0 aromatic heterocycles. The monoisotopic (exact) mass is 144 g/mol. The van der Waals surface area contributed by atoms with Crippen molar-refractivity contribution in [2.24, 2.45) is 5.41 Å². The maximum atomic E-state index is 11.6. The normalized spacial score (nSPS) is 14.0. The van der Waals surface area contributed by atoms with Gasteiger partial charge in [0.2, 0.25) is 0 Å². The Bertz CT molecular complexity index is 91.6. The standard InChI is InChI=1S/C5H8F4/c1-4(2,3-6)5(7,8)9/h3H2,1-2H3. The first kappa shape index (κ1) is 8.72. The van der Waals surface area contributed by atoms with Gasteiger partial charge < -0.3 is 0 Å². The average molecular weight is 144 g/mol. The molecule has 0 saturated carbocycles. The van der Waals surface area contributed by atoms with Gasteiger partial charge in [0.15, 0.2) is 0 Å². The molecule has 0 aromatic rings. The molecular weight excluding hydrogens is 136 g/mol. The Labute approximate surface area is 50.9 Å². The SMILES string of the molecule is CC(C)(CF)C(F)(F)F. The number of hydrogen-bond donors (Lipinski definition) is 0. The molecule has 0 saturated heterocycles. The minimum atomic E-state index is -4.43. The van der Waals surface area contributed by atoms with Gasteiger partial charge in [-0.05, 0) is 13.8 Å². The predicted octanol–water partition coefficient (Wildman–Crippen LogP) is 2.54. The highest BCUT2D eigenvalue weighted by atomic mass is 19.4. The van der Waals surface area contributed by atoms with Gasteiger partial charge in [-0.15, -0.1) is 0 Å². The first-order valence-corrected chi connectivity index (χ1v) is 2.44. The molecule has 0 fully saturated rings. The highest BCUT2D eigenvalue weighted by Gasteiger charge is 2.47. The highest BCUT2D eigenvalue weighted by Crippen LogP contribution is 2.37. The molecule has 0 radical (unpaired) electrons. The summed E-state index contributed by atoms with van der Waals surface area (Å²) in [7, 11) is 0. The summed E-state index contributed by atoms with van der Waals surface area (Å²) in [6.45, 7) is 0.288. The molecule has 4 heteroatoms. The molecule has 9 heavy (non-hydrogen) atoms. The van der Waals surface area contributed by atoms with Crippen molar-refractivity contribution < 1.29 is 17.6 Å². The van der Waals surface area contributed by atoms with Gasteiger partial charge in [0.25, 0.3) is 0 Å². The van der Waals surface area contributed by atoms with Gasteiger partial charge in [-0.2, -0.15) is 13.2 Å². The third-order valence-corrected chi connectivity index (χ3v) is 1.10. The summed E-state index contributed by atoms with van der Waals surface area (Å²) in [5.41, 5.74) is -2.19. The van der Waals surface area contributed by atoms with Crippen LogP contribution in [-0.4, -0.2) is 12.9 Å². The Kier molecular flexibility index (Phi) is 2.09. The minimum Gasteiger partial charge on any atom is -0.250 e. The van der Waals surface area contributed by atoms with Crippen LogP contribution in [0, 0.1) is 5.41 Å². The first-order valence-electron chi connectivity index (χ1n) is 2.44. The second kappa shape index (κ2) is 2.15. The molecule has 0 heterocycles. The zero-order valence-corrected chi connectivity index (χ0v) is 5.22. The largest absolute Gasteiger partial charge is 0.396 e. The van der Waals surface area contributed by atoms with Crippen molar-refractivity contribution in [2.45, 2.75) is 20.0 Å². The van der Waals surface area contributed by atoms with Crippen molar-refractivity contribution >= 4 is 0 Å². The van der Waals surface area contributed by atoms with E-state index < -0.39 is 18.3 Å². The van der Waals surface area contributed by atoms with Crippen molar-refractivity contribution in [1.29, 1.82) is 0 Å². The van der Waals surface area contributed by atoms with Gasteiger partial charge in [-0.25, -0.2) is 0 Å². The summed E-state index contributed by atoms with van der Waals surface area (Å²) in [5.74, 6) is 0. The molecule has 0 spiro atoms. The summed E-state index contributed by atoms with van der Waals surface area (Å²) in [6.07, 6.45) is -4.43. The molecule has 0 rings (SSSR count). The molecular formula is C5H8F4.